The molecule has 1 heterocycles. The topological polar surface area (TPSA) is 125 Å². The van der Waals surface area contributed by atoms with E-state index >= 15 is 0 Å². The first-order chi connectivity index (χ1) is 16.6. The number of cyclic esters (lactones) is 1. The smallest absolute Gasteiger partial charge is 0.338 e. The van der Waals surface area contributed by atoms with E-state index in [1.54, 1.807) is 0 Å². The van der Waals surface area contributed by atoms with Gasteiger partial charge in [0.2, 0.25) is 0 Å². The van der Waals surface area contributed by atoms with Crippen molar-refractivity contribution in [2.24, 2.45) is 16.7 Å². The predicted octanol–water partition coefficient (Wildman–Crippen LogP) is 3.09. The van der Waals surface area contributed by atoms with Crippen molar-refractivity contribution in [3.8, 4) is 5.75 Å². The SMILES string of the molecule is CC(=O)OC[C@]1(C)CCC[C@]2(COC(C)=O)C3=C(C[C@@H](OC(=O)c4ccc(O)cc4)[C@H]12)C(=O)OC3. The summed E-state index contributed by atoms with van der Waals surface area (Å²) in [6, 6.07) is 5.70. The summed E-state index contributed by atoms with van der Waals surface area (Å²) in [5, 5.41) is 9.56. The number of fused-ring (bicyclic) bond motifs is 2. The number of carbonyl (C=O) groups excluding carboxylic acids is 4. The van der Waals surface area contributed by atoms with E-state index in [4.69, 9.17) is 18.9 Å². The molecule has 0 saturated heterocycles. The van der Waals surface area contributed by atoms with Gasteiger partial charge in [-0.25, -0.2) is 9.59 Å². The van der Waals surface area contributed by atoms with E-state index in [0.717, 1.165) is 12.0 Å². The van der Waals surface area contributed by atoms with Gasteiger partial charge < -0.3 is 24.1 Å². The van der Waals surface area contributed by atoms with Crippen molar-refractivity contribution in [2.45, 2.75) is 52.6 Å². The van der Waals surface area contributed by atoms with Crippen LogP contribution in [0.2, 0.25) is 0 Å². The molecule has 0 bridgehead atoms. The van der Waals surface area contributed by atoms with Crippen LogP contribution in [-0.4, -0.2) is 54.9 Å². The number of esters is 4. The second kappa shape index (κ2) is 9.36. The van der Waals surface area contributed by atoms with Crippen LogP contribution in [0, 0.1) is 16.7 Å². The van der Waals surface area contributed by atoms with Crippen LogP contribution in [0.3, 0.4) is 0 Å². The minimum atomic E-state index is -0.807. The van der Waals surface area contributed by atoms with Crippen molar-refractivity contribution in [3.63, 3.8) is 0 Å². The minimum absolute atomic E-state index is 0.00535. The molecule has 9 nitrogen and oxygen atoms in total. The van der Waals surface area contributed by atoms with E-state index in [0.29, 0.717) is 18.4 Å². The molecule has 1 aliphatic heterocycles. The molecule has 188 valence electrons. The number of benzene rings is 1. The van der Waals surface area contributed by atoms with Gasteiger partial charge >= 0.3 is 23.9 Å². The lowest BCUT2D eigenvalue weighted by atomic mass is 9.48. The average molecular weight is 487 g/mol. The number of rotatable bonds is 6. The molecule has 4 rings (SSSR count). The summed E-state index contributed by atoms with van der Waals surface area (Å²) >= 11 is 0. The van der Waals surface area contributed by atoms with Gasteiger partial charge in [0.15, 0.2) is 0 Å². The van der Waals surface area contributed by atoms with E-state index in [9.17, 15) is 24.3 Å². The Labute approximate surface area is 203 Å². The lowest BCUT2D eigenvalue weighted by molar-refractivity contribution is -0.167. The van der Waals surface area contributed by atoms with E-state index in [1.807, 2.05) is 6.92 Å². The zero-order chi connectivity index (χ0) is 25.4. The van der Waals surface area contributed by atoms with Gasteiger partial charge in [-0.15, -0.1) is 0 Å². The van der Waals surface area contributed by atoms with Crippen molar-refractivity contribution in [1.29, 1.82) is 0 Å². The number of hydrogen-bond acceptors (Lipinski definition) is 9. The first-order valence-corrected chi connectivity index (χ1v) is 11.7. The molecule has 1 fully saturated rings. The maximum absolute atomic E-state index is 13.1. The molecule has 1 saturated carbocycles. The number of phenols is 1. The van der Waals surface area contributed by atoms with Crippen molar-refractivity contribution in [2.75, 3.05) is 19.8 Å². The monoisotopic (exact) mass is 486 g/mol. The van der Waals surface area contributed by atoms with Gasteiger partial charge in [0.05, 0.1) is 12.2 Å². The third-order valence-corrected chi connectivity index (χ3v) is 7.55. The summed E-state index contributed by atoms with van der Waals surface area (Å²) in [4.78, 5) is 49.3. The molecule has 4 atom stereocenters. The Morgan fingerprint density at radius 1 is 1.06 bits per heavy atom. The van der Waals surface area contributed by atoms with Crippen molar-refractivity contribution >= 4 is 23.9 Å². The number of ether oxygens (including phenoxy) is 4. The van der Waals surface area contributed by atoms with Gasteiger partial charge in [0.25, 0.3) is 0 Å². The van der Waals surface area contributed by atoms with E-state index in [2.05, 4.69) is 0 Å². The third kappa shape index (κ3) is 4.63. The Morgan fingerprint density at radius 2 is 1.71 bits per heavy atom. The van der Waals surface area contributed by atoms with Crippen LogP contribution in [0.5, 0.6) is 5.75 Å². The molecule has 35 heavy (non-hydrogen) atoms. The summed E-state index contributed by atoms with van der Waals surface area (Å²) < 4.78 is 22.4. The first-order valence-electron chi connectivity index (χ1n) is 11.7. The molecule has 0 radical (unpaired) electrons. The van der Waals surface area contributed by atoms with Gasteiger partial charge in [0, 0.05) is 42.6 Å². The number of carbonyl (C=O) groups is 4. The average Bonchev–Trinajstić information content (AvgIpc) is 3.18. The van der Waals surface area contributed by atoms with Gasteiger partial charge in [-0.1, -0.05) is 13.3 Å². The number of hydrogen-bond donors (Lipinski definition) is 1. The van der Waals surface area contributed by atoms with Gasteiger partial charge in [-0.2, -0.15) is 0 Å². The van der Waals surface area contributed by atoms with Crippen LogP contribution in [0.25, 0.3) is 0 Å². The summed E-state index contributed by atoms with van der Waals surface area (Å²) in [6.07, 6.45) is 1.43. The molecule has 0 aromatic heterocycles. The molecule has 1 aromatic rings. The summed E-state index contributed by atoms with van der Waals surface area (Å²) in [5.74, 6) is -2.33. The van der Waals surface area contributed by atoms with Crippen molar-refractivity contribution < 1.29 is 43.2 Å². The fourth-order valence-corrected chi connectivity index (χ4v) is 6.15. The fraction of sp³-hybridized carbons (Fsp3) is 0.538. The maximum Gasteiger partial charge on any atom is 0.338 e. The predicted molar refractivity (Wildman–Crippen MR) is 121 cm³/mol. The highest BCUT2D eigenvalue weighted by molar-refractivity contribution is 5.93. The van der Waals surface area contributed by atoms with Crippen LogP contribution < -0.4 is 0 Å². The summed E-state index contributed by atoms with van der Waals surface area (Å²) in [5.41, 5.74) is 0.0554. The van der Waals surface area contributed by atoms with Crippen LogP contribution in [0.1, 0.15) is 56.8 Å². The van der Waals surface area contributed by atoms with Crippen LogP contribution in [0.4, 0.5) is 0 Å². The molecule has 0 unspecified atom stereocenters. The summed E-state index contributed by atoms with van der Waals surface area (Å²) in [6.45, 7) is 4.83. The van der Waals surface area contributed by atoms with Crippen molar-refractivity contribution in [1.82, 2.24) is 0 Å². The normalized spacial score (nSPS) is 29.5. The van der Waals surface area contributed by atoms with Crippen LogP contribution >= 0.6 is 0 Å². The molecule has 1 aromatic carbocycles. The third-order valence-electron chi connectivity index (χ3n) is 7.55. The van der Waals surface area contributed by atoms with E-state index in [1.165, 1.54) is 38.1 Å². The van der Waals surface area contributed by atoms with Gasteiger partial charge in [0.1, 0.15) is 25.1 Å². The van der Waals surface area contributed by atoms with Crippen molar-refractivity contribution in [3.05, 3.63) is 41.0 Å². The molecule has 3 aliphatic rings. The molecular formula is C26H30O9. The standard InChI is InChI=1S/C26H30O9/c1-15(27)33-13-25(3)9-4-10-26(14-34-16(2)28)20-12-32-24(31)19(20)11-21(22(25)26)35-23(30)17-5-7-18(29)8-6-17/h5-8,21-22,29H,4,9-14H2,1-3H3/t21-,22-,25+,26+/m1/s1. The Balaban J connectivity index is 1.79. The highest BCUT2D eigenvalue weighted by Crippen LogP contribution is 2.61. The lowest BCUT2D eigenvalue weighted by Crippen LogP contribution is -2.58. The highest BCUT2D eigenvalue weighted by Gasteiger charge is 2.62. The maximum atomic E-state index is 13.1. The second-order valence-corrected chi connectivity index (χ2v) is 9.93. The Bertz CT molecular complexity index is 1070. The largest absolute Gasteiger partial charge is 0.508 e. The zero-order valence-corrected chi connectivity index (χ0v) is 20.1. The van der Waals surface area contributed by atoms with E-state index in [-0.39, 0.29) is 37.6 Å². The highest BCUT2D eigenvalue weighted by atomic mass is 16.6. The molecule has 0 amide bonds. The summed E-state index contributed by atoms with van der Waals surface area (Å²) in [7, 11) is 0. The van der Waals surface area contributed by atoms with E-state index < -0.39 is 46.7 Å². The molecule has 2 aliphatic carbocycles. The Morgan fingerprint density at radius 3 is 2.37 bits per heavy atom. The molecular weight excluding hydrogens is 456 g/mol. The minimum Gasteiger partial charge on any atom is -0.508 e. The van der Waals surface area contributed by atoms with Gasteiger partial charge in [-0.05, 0) is 42.7 Å². The van der Waals surface area contributed by atoms with Crippen LogP contribution in [-0.2, 0) is 33.3 Å². The Hall–Kier alpha value is -3.36. The second-order valence-electron chi connectivity index (χ2n) is 9.93. The lowest BCUT2D eigenvalue weighted by Gasteiger charge is -2.57. The quantitative estimate of drug-likeness (QED) is 0.477. The molecule has 9 heteroatoms. The zero-order valence-electron chi connectivity index (χ0n) is 20.1. The Kier molecular flexibility index (Phi) is 6.62. The fourth-order valence-electron chi connectivity index (χ4n) is 6.15. The first kappa shape index (κ1) is 24.8. The molecule has 1 N–H and O–H groups in total. The molecule has 0 spiro atoms. The number of phenolic OH excluding ortho intramolecular Hbond substituents is 1. The number of aromatic hydroxyl groups is 1. The van der Waals surface area contributed by atoms with Gasteiger partial charge in [-0.3, -0.25) is 9.59 Å². The van der Waals surface area contributed by atoms with Crippen LogP contribution in [0.15, 0.2) is 35.4 Å².